The Morgan fingerprint density at radius 3 is 2.52 bits per heavy atom. The first-order valence-electron chi connectivity index (χ1n) is 9.40. The van der Waals surface area contributed by atoms with Crippen molar-refractivity contribution in [3.8, 4) is 17.2 Å². The lowest BCUT2D eigenvalue weighted by Crippen LogP contribution is -2.41. The number of carbonyl (C=O) groups excluding carboxylic acids is 1. The second kappa shape index (κ2) is 7.67. The molecule has 4 rings (SSSR count). The Bertz CT molecular complexity index is 1350. The maximum absolute atomic E-state index is 15.2. The summed E-state index contributed by atoms with van der Waals surface area (Å²) in [6.07, 6.45) is -1.16. The molecule has 166 valence electrons. The van der Waals surface area contributed by atoms with E-state index < -0.39 is 29.1 Å². The number of hydrogen-bond donors (Lipinski definition) is 1. The van der Waals surface area contributed by atoms with Crippen molar-refractivity contribution in [2.45, 2.75) is 11.7 Å². The maximum Gasteiger partial charge on any atom is 0.433 e. The molecule has 1 aliphatic rings. The van der Waals surface area contributed by atoms with E-state index in [9.17, 15) is 18.0 Å². The number of carbonyl (C=O) groups is 1. The molecule has 0 fully saturated rings. The molecule has 0 radical (unpaired) electrons. The third-order valence-corrected chi connectivity index (χ3v) is 5.27. The second-order valence-electron chi connectivity index (χ2n) is 7.24. The lowest BCUT2D eigenvalue weighted by Gasteiger charge is -2.27. The van der Waals surface area contributed by atoms with E-state index in [2.05, 4.69) is 15.0 Å². The molecule has 0 spiro atoms. The molecular weight excluding hydrogens is 440 g/mol. The van der Waals surface area contributed by atoms with Crippen LogP contribution in [0.15, 0.2) is 60.0 Å². The predicted octanol–water partition coefficient (Wildman–Crippen LogP) is 3.20. The van der Waals surface area contributed by atoms with Crippen molar-refractivity contribution in [2.24, 2.45) is 10.7 Å². The number of nitrogens with two attached hydrogens (primary N) is 1. The average molecular weight is 454 g/mol. The molecule has 7 nitrogen and oxygen atoms in total. The molecule has 1 atom stereocenters. The number of alkyl halides is 3. The highest BCUT2D eigenvalue weighted by Crippen LogP contribution is 2.43. The Kier molecular flexibility index (Phi) is 5.08. The summed E-state index contributed by atoms with van der Waals surface area (Å²) < 4.78 is 55.2. The second-order valence-corrected chi connectivity index (χ2v) is 7.24. The number of amides is 1. The first kappa shape index (κ1) is 21.9. The highest BCUT2D eigenvalue weighted by molar-refractivity contribution is 6.09. The number of nitriles is 1. The van der Waals surface area contributed by atoms with Gasteiger partial charge in [-0.05, 0) is 41.5 Å². The molecule has 1 aliphatic heterocycles. The Hall–Kier alpha value is -4.33. The topological polar surface area (TPSA) is 108 Å². The van der Waals surface area contributed by atoms with Gasteiger partial charge in [0, 0.05) is 36.8 Å². The van der Waals surface area contributed by atoms with Gasteiger partial charge in [0.1, 0.15) is 17.6 Å². The fraction of sp³-hybridized carbons (Fsp3) is 0.136. The molecule has 1 aromatic carbocycles. The molecule has 11 heteroatoms. The van der Waals surface area contributed by atoms with Gasteiger partial charge < -0.3 is 5.73 Å². The minimum absolute atomic E-state index is 0.246. The molecular formula is C22H14F4N6O. The number of likely N-dealkylation sites (N-methyl/N-ethyl adjacent to an activating group) is 1. The van der Waals surface area contributed by atoms with E-state index in [1.165, 1.54) is 37.6 Å². The minimum atomic E-state index is -4.80. The Labute approximate surface area is 184 Å². The predicted molar refractivity (Wildman–Crippen MR) is 109 cm³/mol. The number of aromatic nitrogens is 2. The van der Waals surface area contributed by atoms with E-state index in [1.807, 2.05) is 6.07 Å². The molecule has 3 heterocycles. The van der Waals surface area contributed by atoms with Crippen LogP contribution in [-0.4, -0.2) is 33.8 Å². The van der Waals surface area contributed by atoms with Crippen LogP contribution in [0.5, 0.6) is 0 Å². The van der Waals surface area contributed by atoms with E-state index in [0.29, 0.717) is 17.2 Å². The summed E-state index contributed by atoms with van der Waals surface area (Å²) in [6, 6.07) is 9.01. The van der Waals surface area contributed by atoms with Gasteiger partial charge in [-0.1, -0.05) is 6.07 Å². The van der Waals surface area contributed by atoms with E-state index in [-0.39, 0.29) is 22.6 Å². The summed E-state index contributed by atoms with van der Waals surface area (Å²) in [7, 11) is 1.29. The van der Waals surface area contributed by atoms with Gasteiger partial charge in [0.05, 0.1) is 5.56 Å². The van der Waals surface area contributed by atoms with E-state index in [4.69, 9.17) is 11.0 Å². The normalized spacial score (nSPS) is 18.2. The number of hydrogen-bond acceptors (Lipinski definition) is 6. The van der Waals surface area contributed by atoms with Gasteiger partial charge in [-0.25, -0.2) is 9.38 Å². The van der Waals surface area contributed by atoms with Gasteiger partial charge in [-0.2, -0.15) is 18.4 Å². The number of pyridine rings is 2. The highest BCUT2D eigenvalue weighted by atomic mass is 19.4. The smallest absolute Gasteiger partial charge is 0.369 e. The van der Waals surface area contributed by atoms with E-state index >= 15 is 4.39 Å². The summed E-state index contributed by atoms with van der Waals surface area (Å²) in [5, 5.41) is 9.13. The van der Waals surface area contributed by atoms with Crippen LogP contribution >= 0.6 is 0 Å². The highest BCUT2D eigenvalue weighted by Gasteiger charge is 2.52. The van der Waals surface area contributed by atoms with Crippen LogP contribution in [0.25, 0.3) is 11.1 Å². The van der Waals surface area contributed by atoms with Crippen LogP contribution in [0, 0.1) is 17.1 Å². The Morgan fingerprint density at radius 2 is 1.88 bits per heavy atom. The molecule has 1 unspecified atom stereocenters. The number of rotatable bonds is 3. The Balaban J connectivity index is 2.00. The molecule has 33 heavy (non-hydrogen) atoms. The number of benzene rings is 1. The number of halogens is 4. The number of nitrogens with zero attached hydrogens (tertiary/aromatic N) is 5. The fourth-order valence-electron chi connectivity index (χ4n) is 3.61. The SMILES string of the molecule is CN1C(=O)C(c2ccnc(C(F)(F)F)c2)(c2cc(-c3cncc(C#N)c3)ccc2F)N=C1N. The minimum Gasteiger partial charge on any atom is -0.369 e. The van der Waals surface area contributed by atoms with E-state index in [0.717, 1.165) is 23.2 Å². The van der Waals surface area contributed by atoms with Crippen molar-refractivity contribution in [2.75, 3.05) is 7.05 Å². The van der Waals surface area contributed by atoms with Crippen molar-refractivity contribution < 1.29 is 22.4 Å². The molecule has 2 aromatic heterocycles. The molecule has 0 bridgehead atoms. The summed E-state index contributed by atoms with van der Waals surface area (Å²) in [6.45, 7) is 0. The van der Waals surface area contributed by atoms with Gasteiger partial charge in [-0.15, -0.1) is 0 Å². The largest absolute Gasteiger partial charge is 0.433 e. The van der Waals surface area contributed by atoms with Crippen molar-refractivity contribution in [3.63, 3.8) is 0 Å². The van der Waals surface area contributed by atoms with Crippen LogP contribution in [0.2, 0.25) is 0 Å². The van der Waals surface area contributed by atoms with Crippen LogP contribution < -0.4 is 5.73 Å². The molecule has 3 aromatic rings. The van der Waals surface area contributed by atoms with Gasteiger partial charge >= 0.3 is 6.18 Å². The summed E-state index contributed by atoms with van der Waals surface area (Å²) in [4.78, 5) is 25.7. The van der Waals surface area contributed by atoms with Gasteiger partial charge in [0.15, 0.2) is 11.5 Å². The number of aliphatic imine (C=N–C) groups is 1. The summed E-state index contributed by atoms with van der Waals surface area (Å²) >= 11 is 0. The van der Waals surface area contributed by atoms with Gasteiger partial charge in [-0.3, -0.25) is 19.7 Å². The van der Waals surface area contributed by atoms with Crippen LogP contribution in [-0.2, 0) is 16.5 Å². The zero-order valence-electron chi connectivity index (χ0n) is 16.9. The lowest BCUT2D eigenvalue weighted by atomic mass is 9.81. The standard InChI is InChI=1S/C22H14F4N6O/c1-32-19(33)21(31-20(32)28,15-4-5-30-18(8-15)22(24,25)26)16-7-13(2-3-17(16)23)14-6-12(9-27)10-29-11-14/h2-8,10-11H,1H3,(H2,28,31). The monoisotopic (exact) mass is 454 g/mol. The van der Waals surface area contributed by atoms with Crippen LogP contribution in [0.3, 0.4) is 0 Å². The fourth-order valence-corrected chi connectivity index (χ4v) is 3.61. The van der Waals surface area contributed by atoms with Crippen molar-refractivity contribution in [3.05, 3.63) is 83.2 Å². The first-order valence-corrected chi connectivity index (χ1v) is 9.40. The first-order chi connectivity index (χ1) is 15.6. The van der Waals surface area contributed by atoms with E-state index in [1.54, 1.807) is 0 Å². The van der Waals surface area contributed by atoms with Crippen molar-refractivity contribution in [1.82, 2.24) is 14.9 Å². The summed E-state index contributed by atoms with van der Waals surface area (Å²) in [5.41, 5.74) is 2.86. The zero-order valence-corrected chi connectivity index (χ0v) is 16.9. The lowest BCUT2D eigenvalue weighted by molar-refractivity contribution is -0.141. The van der Waals surface area contributed by atoms with Gasteiger partial charge in [0.25, 0.3) is 5.91 Å². The summed E-state index contributed by atoms with van der Waals surface area (Å²) in [5.74, 6) is -2.00. The van der Waals surface area contributed by atoms with Crippen LogP contribution in [0.4, 0.5) is 17.6 Å². The average Bonchev–Trinajstić information content (AvgIpc) is 3.03. The maximum atomic E-state index is 15.2. The third kappa shape index (κ3) is 3.55. The van der Waals surface area contributed by atoms with Crippen molar-refractivity contribution in [1.29, 1.82) is 5.26 Å². The molecule has 0 saturated heterocycles. The number of guanidine groups is 1. The molecule has 0 aliphatic carbocycles. The molecule has 1 amide bonds. The van der Waals surface area contributed by atoms with Crippen LogP contribution in [0.1, 0.15) is 22.4 Å². The molecule has 0 saturated carbocycles. The molecule has 2 N–H and O–H groups in total. The Morgan fingerprint density at radius 1 is 1.12 bits per heavy atom. The quantitative estimate of drug-likeness (QED) is 0.612. The van der Waals surface area contributed by atoms with Crippen molar-refractivity contribution >= 4 is 11.9 Å². The van der Waals surface area contributed by atoms with Gasteiger partial charge in [0.2, 0.25) is 0 Å². The zero-order chi connectivity index (χ0) is 24.0. The third-order valence-electron chi connectivity index (χ3n) is 5.27.